The number of aryl methyl sites for hydroxylation is 1. The second-order valence-electron chi connectivity index (χ2n) is 6.03. The summed E-state index contributed by atoms with van der Waals surface area (Å²) in [6.07, 6.45) is 10.9. The van der Waals surface area contributed by atoms with Crippen molar-refractivity contribution in [3.8, 4) is 0 Å². The average Bonchev–Trinajstić information content (AvgIpc) is 2.85. The topological polar surface area (TPSA) is 43.8 Å². The van der Waals surface area contributed by atoms with E-state index in [1.54, 1.807) is 0 Å². The van der Waals surface area contributed by atoms with Gasteiger partial charge in [0.2, 0.25) is 0 Å². The minimum Gasteiger partial charge on any atom is -0.327 e. The Morgan fingerprint density at radius 3 is 2.72 bits per heavy atom. The number of nitrogens with two attached hydrogens (primary N) is 1. The molecule has 3 nitrogen and oxygen atoms in total. The van der Waals surface area contributed by atoms with Crippen molar-refractivity contribution >= 4 is 0 Å². The van der Waals surface area contributed by atoms with Crippen LogP contribution in [-0.4, -0.2) is 15.8 Å². The van der Waals surface area contributed by atoms with E-state index in [1.807, 2.05) is 0 Å². The molecular weight excluding hydrogens is 222 g/mol. The first-order valence-electron chi connectivity index (χ1n) is 7.46. The van der Waals surface area contributed by atoms with Crippen LogP contribution in [0.5, 0.6) is 0 Å². The predicted molar refractivity (Wildman–Crippen MR) is 75.5 cm³/mol. The number of aromatic nitrogens is 2. The summed E-state index contributed by atoms with van der Waals surface area (Å²) in [5.74, 6) is 0.561. The van der Waals surface area contributed by atoms with Crippen molar-refractivity contribution in [3.63, 3.8) is 0 Å². The summed E-state index contributed by atoms with van der Waals surface area (Å²) in [4.78, 5) is 0. The zero-order valence-electron chi connectivity index (χ0n) is 11.8. The second kappa shape index (κ2) is 6.37. The van der Waals surface area contributed by atoms with Crippen LogP contribution in [0.25, 0.3) is 0 Å². The highest BCUT2D eigenvalue weighted by Crippen LogP contribution is 2.27. The van der Waals surface area contributed by atoms with E-state index in [4.69, 9.17) is 10.8 Å². The van der Waals surface area contributed by atoms with Crippen molar-refractivity contribution in [2.75, 3.05) is 0 Å². The molecule has 1 unspecified atom stereocenters. The number of hydrogen-bond donors (Lipinski definition) is 1. The second-order valence-corrected chi connectivity index (χ2v) is 6.03. The lowest BCUT2D eigenvalue weighted by Crippen LogP contribution is -2.26. The van der Waals surface area contributed by atoms with Crippen molar-refractivity contribution < 1.29 is 0 Å². The van der Waals surface area contributed by atoms with Gasteiger partial charge in [-0.15, -0.1) is 0 Å². The molecular formula is C15H27N3. The Morgan fingerprint density at radius 2 is 2.06 bits per heavy atom. The summed E-state index contributed by atoms with van der Waals surface area (Å²) < 4.78 is 2.19. The summed E-state index contributed by atoms with van der Waals surface area (Å²) in [6.45, 7) is 4.37. The van der Waals surface area contributed by atoms with Crippen molar-refractivity contribution in [1.82, 2.24) is 9.78 Å². The van der Waals surface area contributed by atoms with Gasteiger partial charge in [0.15, 0.2) is 0 Å². The molecule has 0 amide bonds. The largest absolute Gasteiger partial charge is 0.327 e. The molecule has 1 aromatic rings. The fraction of sp³-hybridized carbons (Fsp3) is 0.800. The van der Waals surface area contributed by atoms with Gasteiger partial charge in [0.25, 0.3) is 0 Å². The lowest BCUT2D eigenvalue weighted by atomic mass is 9.96. The molecule has 2 rings (SSSR count). The van der Waals surface area contributed by atoms with E-state index in [0.717, 1.165) is 12.8 Å². The van der Waals surface area contributed by atoms with Gasteiger partial charge in [0.05, 0.1) is 11.7 Å². The van der Waals surface area contributed by atoms with Crippen LogP contribution in [0.4, 0.5) is 0 Å². The van der Waals surface area contributed by atoms with Crippen molar-refractivity contribution in [1.29, 1.82) is 0 Å². The minimum atomic E-state index is 0.296. The molecule has 1 aliphatic carbocycles. The van der Waals surface area contributed by atoms with Gasteiger partial charge >= 0.3 is 0 Å². The molecule has 1 aromatic heterocycles. The third kappa shape index (κ3) is 3.58. The molecule has 0 radical (unpaired) electrons. The molecule has 2 N–H and O–H groups in total. The van der Waals surface area contributed by atoms with E-state index in [-0.39, 0.29) is 0 Å². The lowest BCUT2D eigenvalue weighted by molar-refractivity contribution is 0.327. The smallest absolute Gasteiger partial charge is 0.0625 e. The molecule has 102 valence electrons. The van der Waals surface area contributed by atoms with Gasteiger partial charge in [-0.2, -0.15) is 5.10 Å². The quantitative estimate of drug-likeness (QED) is 0.870. The highest BCUT2D eigenvalue weighted by atomic mass is 15.3. The number of hydrogen-bond acceptors (Lipinski definition) is 2. The Morgan fingerprint density at radius 1 is 1.33 bits per heavy atom. The first-order chi connectivity index (χ1) is 8.66. The van der Waals surface area contributed by atoms with Crippen LogP contribution in [0.1, 0.15) is 64.1 Å². The van der Waals surface area contributed by atoms with Crippen LogP contribution in [-0.2, 0) is 6.42 Å². The van der Waals surface area contributed by atoms with Crippen molar-refractivity contribution in [2.45, 2.75) is 70.9 Å². The summed E-state index contributed by atoms with van der Waals surface area (Å²) in [5, 5.41) is 4.73. The zero-order valence-corrected chi connectivity index (χ0v) is 11.8. The molecule has 3 heteroatoms. The van der Waals surface area contributed by atoms with E-state index >= 15 is 0 Å². The molecule has 1 saturated carbocycles. The Bertz CT molecular complexity index is 350. The Balaban J connectivity index is 1.85. The normalized spacial score (nSPS) is 19.3. The Kier molecular flexibility index (Phi) is 4.81. The summed E-state index contributed by atoms with van der Waals surface area (Å²) >= 11 is 0. The third-order valence-electron chi connectivity index (χ3n) is 4.20. The molecule has 1 heterocycles. The van der Waals surface area contributed by atoms with Crippen LogP contribution in [0.15, 0.2) is 12.3 Å². The van der Waals surface area contributed by atoms with Crippen LogP contribution in [0.2, 0.25) is 0 Å². The molecule has 0 bridgehead atoms. The molecule has 1 aliphatic rings. The summed E-state index contributed by atoms with van der Waals surface area (Å²) in [7, 11) is 0. The van der Waals surface area contributed by atoms with Crippen molar-refractivity contribution in [3.05, 3.63) is 18.0 Å². The SMILES string of the molecule is CC(C)C(N)CCc1ccn(C2CCCCC2)n1. The molecule has 1 fully saturated rings. The number of nitrogens with zero attached hydrogens (tertiary/aromatic N) is 2. The fourth-order valence-electron chi connectivity index (χ4n) is 2.71. The van der Waals surface area contributed by atoms with E-state index < -0.39 is 0 Å². The van der Waals surface area contributed by atoms with E-state index in [2.05, 4.69) is 30.8 Å². The zero-order chi connectivity index (χ0) is 13.0. The van der Waals surface area contributed by atoms with Gasteiger partial charge in [0.1, 0.15) is 0 Å². The maximum atomic E-state index is 6.08. The van der Waals surface area contributed by atoms with Gasteiger partial charge in [-0.3, -0.25) is 4.68 Å². The average molecular weight is 249 g/mol. The first kappa shape index (κ1) is 13.6. The lowest BCUT2D eigenvalue weighted by Gasteiger charge is -2.21. The standard InChI is InChI=1S/C15H27N3/c1-12(2)15(16)9-8-13-10-11-18(17-13)14-6-4-3-5-7-14/h10-12,14-15H,3-9,16H2,1-2H3. The summed E-state index contributed by atoms with van der Waals surface area (Å²) in [5.41, 5.74) is 7.28. The highest BCUT2D eigenvalue weighted by Gasteiger charge is 2.16. The van der Waals surface area contributed by atoms with Crippen LogP contribution in [0, 0.1) is 5.92 Å². The van der Waals surface area contributed by atoms with Gasteiger partial charge < -0.3 is 5.73 Å². The first-order valence-corrected chi connectivity index (χ1v) is 7.46. The highest BCUT2D eigenvalue weighted by molar-refractivity contribution is 5.00. The van der Waals surface area contributed by atoms with Crippen LogP contribution in [0.3, 0.4) is 0 Å². The van der Waals surface area contributed by atoms with E-state index in [9.17, 15) is 0 Å². The van der Waals surface area contributed by atoms with Crippen molar-refractivity contribution in [2.24, 2.45) is 11.7 Å². The van der Waals surface area contributed by atoms with Crippen LogP contribution >= 0.6 is 0 Å². The van der Waals surface area contributed by atoms with Gasteiger partial charge in [-0.05, 0) is 37.7 Å². The third-order valence-corrected chi connectivity index (χ3v) is 4.20. The van der Waals surface area contributed by atoms with Crippen LogP contribution < -0.4 is 5.73 Å². The molecule has 18 heavy (non-hydrogen) atoms. The maximum Gasteiger partial charge on any atom is 0.0625 e. The minimum absolute atomic E-state index is 0.296. The fourth-order valence-corrected chi connectivity index (χ4v) is 2.71. The molecule has 0 aliphatic heterocycles. The Hall–Kier alpha value is -0.830. The Labute approximate surface area is 111 Å². The summed E-state index contributed by atoms with van der Waals surface area (Å²) in [6, 6.07) is 3.11. The molecule has 1 atom stereocenters. The predicted octanol–water partition coefficient (Wildman–Crippen LogP) is 3.30. The van der Waals surface area contributed by atoms with E-state index in [1.165, 1.54) is 37.8 Å². The van der Waals surface area contributed by atoms with Gasteiger partial charge in [-0.25, -0.2) is 0 Å². The molecule has 0 spiro atoms. The monoisotopic (exact) mass is 249 g/mol. The maximum absolute atomic E-state index is 6.08. The molecule has 0 aromatic carbocycles. The molecule has 0 saturated heterocycles. The van der Waals surface area contributed by atoms with Gasteiger partial charge in [0, 0.05) is 12.2 Å². The van der Waals surface area contributed by atoms with E-state index in [0.29, 0.717) is 18.0 Å². The van der Waals surface area contributed by atoms with Gasteiger partial charge in [-0.1, -0.05) is 33.1 Å². The number of rotatable bonds is 5.